The number of hydrogen-bond donors (Lipinski definition) is 0. The molecule has 0 bridgehead atoms. The minimum atomic E-state index is 0.569. The summed E-state index contributed by atoms with van der Waals surface area (Å²) in [5, 5.41) is 0. The Morgan fingerprint density at radius 1 is 1.21 bits per heavy atom. The lowest BCUT2D eigenvalue weighted by Crippen LogP contribution is -2.50. The highest BCUT2D eigenvalue weighted by atomic mass is 15.3. The van der Waals surface area contributed by atoms with Crippen LogP contribution in [0.4, 0.5) is 0 Å². The molecule has 2 heterocycles. The molecule has 1 atom stereocenters. The van der Waals surface area contributed by atoms with E-state index in [1.165, 1.54) is 56.7 Å². The van der Waals surface area contributed by atoms with Gasteiger partial charge in [0.15, 0.2) is 0 Å². The first-order chi connectivity index (χ1) is 9.25. The normalized spacial score (nSPS) is 25.5. The molecule has 0 radical (unpaired) electrons. The first-order valence-electron chi connectivity index (χ1n) is 7.67. The molecule has 1 aliphatic carbocycles. The van der Waals surface area contributed by atoms with E-state index in [2.05, 4.69) is 40.8 Å². The van der Waals surface area contributed by atoms with Gasteiger partial charge in [-0.25, -0.2) is 0 Å². The Morgan fingerprint density at radius 3 is 2.74 bits per heavy atom. The van der Waals surface area contributed by atoms with E-state index in [1.807, 2.05) is 6.20 Å². The maximum absolute atomic E-state index is 4.67. The van der Waals surface area contributed by atoms with Gasteiger partial charge in [0, 0.05) is 38.4 Å². The minimum Gasteiger partial charge on any atom is -0.298 e. The van der Waals surface area contributed by atoms with E-state index >= 15 is 0 Å². The Morgan fingerprint density at radius 2 is 2.00 bits per heavy atom. The van der Waals surface area contributed by atoms with Crippen LogP contribution < -0.4 is 0 Å². The van der Waals surface area contributed by atoms with Crippen molar-refractivity contribution < 1.29 is 0 Å². The average Bonchev–Trinajstić information content (AvgIpc) is 2.47. The molecular weight excluding hydrogens is 234 g/mol. The molecule has 1 fully saturated rings. The van der Waals surface area contributed by atoms with Gasteiger partial charge in [-0.15, -0.1) is 0 Å². The van der Waals surface area contributed by atoms with Crippen LogP contribution in [0.25, 0.3) is 0 Å². The van der Waals surface area contributed by atoms with Crippen molar-refractivity contribution in [2.24, 2.45) is 0 Å². The zero-order chi connectivity index (χ0) is 13.2. The molecule has 1 saturated heterocycles. The predicted molar refractivity (Wildman–Crippen MR) is 78.2 cm³/mol. The fourth-order valence-corrected chi connectivity index (χ4v) is 3.51. The Balaban J connectivity index is 1.71. The van der Waals surface area contributed by atoms with Crippen molar-refractivity contribution in [3.05, 3.63) is 29.6 Å². The highest BCUT2D eigenvalue weighted by Crippen LogP contribution is 2.33. The summed E-state index contributed by atoms with van der Waals surface area (Å²) in [5.41, 5.74) is 2.83. The molecule has 1 aromatic heterocycles. The van der Waals surface area contributed by atoms with Crippen LogP contribution in [0.2, 0.25) is 0 Å². The maximum Gasteiger partial charge on any atom is 0.0607 e. The predicted octanol–water partition coefficient (Wildman–Crippen LogP) is 2.49. The molecule has 1 unspecified atom stereocenters. The lowest BCUT2D eigenvalue weighted by molar-refractivity contribution is 0.0701. The summed E-state index contributed by atoms with van der Waals surface area (Å²) in [4.78, 5) is 9.91. The molecule has 3 nitrogen and oxygen atoms in total. The SMILES string of the molecule is CC(C)N1CCN(C2CCCc3cccnc32)CC1. The zero-order valence-electron chi connectivity index (χ0n) is 12.2. The van der Waals surface area contributed by atoms with Crippen LogP contribution in [0.5, 0.6) is 0 Å². The lowest BCUT2D eigenvalue weighted by Gasteiger charge is -2.42. The maximum atomic E-state index is 4.67. The summed E-state index contributed by atoms with van der Waals surface area (Å²) >= 11 is 0. The molecular formula is C16H25N3. The Labute approximate surface area is 116 Å². The van der Waals surface area contributed by atoms with E-state index < -0.39 is 0 Å². The minimum absolute atomic E-state index is 0.569. The topological polar surface area (TPSA) is 19.4 Å². The van der Waals surface area contributed by atoms with Gasteiger partial charge in [-0.1, -0.05) is 6.07 Å². The summed E-state index contributed by atoms with van der Waals surface area (Å²) in [6.07, 6.45) is 5.77. The van der Waals surface area contributed by atoms with Crippen molar-refractivity contribution >= 4 is 0 Å². The van der Waals surface area contributed by atoms with Crippen molar-refractivity contribution in [1.82, 2.24) is 14.8 Å². The van der Waals surface area contributed by atoms with Gasteiger partial charge in [-0.05, 0) is 44.7 Å². The van der Waals surface area contributed by atoms with Gasteiger partial charge in [0.2, 0.25) is 0 Å². The third-order valence-electron chi connectivity index (χ3n) is 4.69. The summed E-state index contributed by atoms with van der Waals surface area (Å²) in [6, 6.07) is 5.59. The van der Waals surface area contributed by atoms with Crippen molar-refractivity contribution in [2.45, 2.75) is 45.2 Å². The fraction of sp³-hybridized carbons (Fsp3) is 0.688. The van der Waals surface area contributed by atoms with Crippen molar-refractivity contribution in [3.63, 3.8) is 0 Å². The molecule has 0 saturated carbocycles. The quantitative estimate of drug-likeness (QED) is 0.813. The number of aromatic nitrogens is 1. The Hall–Kier alpha value is -0.930. The summed E-state index contributed by atoms with van der Waals surface area (Å²) in [7, 11) is 0. The van der Waals surface area contributed by atoms with Gasteiger partial charge >= 0.3 is 0 Å². The Bertz CT molecular complexity index is 422. The van der Waals surface area contributed by atoms with Crippen LogP contribution in [-0.2, 0) is 6.42 Å². The van der Waals surface area contributed by atoms with Crippen LogP contribution in [0, 0.1) is 0 Å². The Kier molecular flexibility index (Phi) is 3.85. The first-order valence-corrected chi connectivity index (χ1v) is 7.67. The third kappa shape index (κ3) is 2.67. The second-order valence-electron chi connectivity index (χ2n) is 6.12. The van der Waals surface area contributed by atoms with E-state index in [9.17, 15) is 0 Å². The highest BCUT2D eigenvalue weighted by molar-refractivity contribution is 5.25. The van der Waals surface area contributed by atoms with Crippen molar-refractivity contribution in [3.8, 4) is 0 Å². The third-order valence-corrected chi connectivity index (χ3v) is 4.69. The van der Waals surface area contributed by atoms with E-state index in [-0.39, 0.29) is 0 Å². The van der Waals surface area contributed by atoms with Crippen molar-refractivity contribution in [1.29, 1.82) is 0 Å². The van der Waals surface area contributed by atoms with Crippen LogP contribution in [0.1, 0.15) is 44.0 Å². The van der Waals surface area contributed by atoms with Gasteiger partial charge in [0.25, 0.3) is 0 Å². The molecule has 0 amide bonds. The average molecular weight is 259 g/mol. The van der Waals surface area contributed by atoms with Gasteiger partial charge in [0.05, 0.1) is 11.7 Å². The summed E-state index contributed by atoms with van der Waals surface area (Å²) in [6.45, 7) is 9.39. The smallest absolute Gasteiger partial charge is 0.0607 e. The molecule has 0 aromatic carbocycles. The molecule has 2 aliphatic rings. The van der Waals surface area contributed by atoms with Gasteiger partial charge in [-0.3, -0.25) is 14.8 Å². The van der Waals surface area contributed by atoms with Crippen molar-refractivity contribution in [2.75, 3.05) is 26.2 Å². The first kappa shape index (κ1) is 13.1. The van der Waals surface area contributed by atoms with Crippen LogP contribution in [0.3, 0.4) is 0 Å². The number of rotatable bonds is 2. The monoisotopic (exact) mass is 259 g/mol. The molecule has 3 heteroatoms. The number of fused-ring (bicyclic) bond motifs is 1. The second kappa shape index (κ2) is 5.59. The van der Waals surface area contributed by atoms with Gasteiger partial charge < -0.3 is 0 Å². The fourth-order valence-electron chi connectivity index (χ4n) is 3.51. The molecule has 1 aromatic rings. The largest absolute Gasteiger partial charge is 0.298 e. The molecule has 1 aliphatic heterocycles. The van der Waals surface area contributed by atoms with Crippen LogP contribution in [0.15, 0.2) is 18.3 Å². The molecule has 0 N–H and O–H groups in total. The number of aryl methyl sites for hydroxylation is 1. The highest BCUT2D eigenvalue weighted by Gasteiger charge is 2.29. The van der Waals surface area contributed by atoms with Crippen LogP contribution >= 0.6 is 0 Å². The number of nitrogens with zero attached hydrogens (tertiary/aromatic N) is 3. The van der Waals surface area contributed by atoms with E-state index in [4.69, 9.17) is 0 Å². The number of piperazine rings is 1. The summed E-state index contributed by atoms with van der Waals surface area (Å²) < 4.78 is 0. The van der Waals surface area contributed by atoms with Gasteiger partial charge in [0.1, 0.15) is 0 Å². The summed E-state index contributed by atoms with van der Waals surface area (Å²) in [5.74, 6) is 0. The second-order valence-corrected chi connectivity index (χ2v) is 6.12. The molecule has 19 heavy (non-hydrogen) atoms. The van der Waals surface area contributed by atoms with Gasteiger partial charge in [-0.2, -0.15) is 0 Å². The lowest BCUT2D eigenvalue weighted by atomic mass is 9.90. The van der Waals surface area contributed by atoms with E-state index in [0.717, 1.165) is 0 Å². The van der Waals surface area contributed by atoms with E-state index in [0.29, 0.717) is 12.1 Å². The molecule has 3 rings (SSSR count). The number of hydrogen-bond acceptors (Lipinski definition) is 3. The standard InChI is InChI=1S/C16H25N3/c1-13(2)18-9-11-19(12-10-18)15-7-3-5-14-6-4-8-17-16(14)15/h4,6,8,13,15H,3,5,7,9-12H2,1-2H3. The van der Waals surface area contributed by atoms with Crippen LogP contribution in [-0.4, -0.2) is 47.0 Å². The zero-order valence-corrected chi connectivity index (χ0v) is 12.2. The molecule has 0 spiro atoms. The number of pyridine rings is 1. The molecule has 104 valence electrons. The van der Waals surface area contributed by atoms with E-state index in [1.54, 1.807) is 0 Å².